The van der Waals surface area contributed by atoms with Crippen LogP contribution in [0.3, 0.4) is 0 Å². The minimum atomic E-state index is -4.57. The Morgan fingerprint density at radius 1 is 1.11 bits per heavy atom. The summed E-state index contributed by atoms with van der Waals surface area (Å²) in [5, 5.41) is 0. The van der Waals surface area contributed by atoms with Gasteiger partial charge in [0.2, 0.25) is 0 Å². The molecule has 0 aliphatic carbocycles. The number of hydrogen-bond acceptors (Lipinski definition) is 2. The molecule has 0 radical (unpaired) electrons. The van der Waals surface area contributed by atoms with E-state index in [0.717, 1.165) is 18.3 Å². The van der Waals surface area contributed by atoms with Crippen LogP contribution in [0.4, 0.5) is 23.2 Å². The van der Waals surface area contributed by atoms with Crippen molar-refractivity contribution >= 4 is 5.69 Å². The van der Waals surface area contributed by atoms with Crippen molar-refractivity contribution in [3.63, 3.8) is 0 Å². The first-order chi connectivity index (χ1) is 8.39. The second-order valence-corrected chi connectivity index (χ2v) is 3.66. The predicted octanol–water partition coefficient (Wildman–Crippen LogP) is 3.49. The zero-order chi connectivity index (χ0) is 13.3. The van der Waals surface area contributed by atoms with Gasteiger partial charge in [0.05, 0.1) is 11.8 Å². The highest BCUT2D eigenvalue weighted by atomic mass is 19.4. The van der Waals surface area contributed by atoms with E-state index in [-0.39, 0.29) is 16.8 Å². The number of nitrogens with zero attached hydrogens (tertiary/aromatic N) is 1. The summed E-state index contributed by atoms with van der Waals surface area (Å²) >= 11 is 0. The lowest BCUT2D eigenvalue weighted by molar-refractivity contribution is -0.136. The number of nitrogens with two attached hydrogens (primary N) is 1. The van der Waals surface area contributed by atoms with Gasteiger partial charge in [-0.3, -0.25) is 4.98 Å². The van der Waals surface area contributed by atoms with Crippen LogP contribution < -0.4 is 5.73 Å². The number of anilines is 1. The average Bonchev–Trinajstić information content (AvgIpc) is 2.29. The first kappa shape index (κ1) is 12.3. The highest BCUT2D eigenvalue weighted by molar-refractivity contribution is 5.68. The smallest absolute Gasteiger partial charge is 0.398 e. The molecule has 2 aromatic rings. The molecule has 0 bridgehead atoms. The molecule has 0 amide bonds. The van der Waals surface area contributed by atoms with Crippen molar-refractivity contribution < 1.29 is 17.6 Å². The van der Waals surface area contributed by atoms with Crippen LogP contribution in [0.15, 0.2) is 36.7 Å². The van der Waals surface area contributed by atoms with Gasteiger partial charge in [0.15, 0.2) is 0 Å². The number of rotatable bonds is 1. The van der Waals surface area contributed by atoms with Gasteiger partial charge in [0, 0.05) is 17.4 Å². The fourth-order valence-electron chi connectivity index (χ4n) is 1.58. The molecule has 0 aliphatic rings. The quantitative estimate of drug-likeness (QED) is 0.626. The van der Waals surface area contributed by atoms with Crippen LogP contribution >= 0.6 is 0 Å². The van der Waals surface area contributed by atoms with E-state index >= 15 is 0 Å². The number of pyridine rings is 1. The van der Waals surface area contributed by atoms with Gasteiger partial charge in [-0.2, -0.15) is 13.2 Å². The molecule has 2 rings (SSSR count). The van der Waals surface area contributed by atoms with E-state index in [2.05, 4.69) is 4.98 Å². The highest BCUT2D eigenvalue weighted by Crippen LogP contribution is 2.36. The third-order valence-corrected chi connectivity index (χ3v) is 2.44. The van der Waals surface area contributed by atoms with Gasteiger partial charge < -0.3 is 5.73 Å². The Bertz CT molecular complexity index is 579. The van der Waals surface area contributed by atoms with Crippen LogP contribution in [-0.2, 0) is 6.18 Å². The maximum Gasteiger partial charge on any atom is 0.418 e. The van der Waals surface area contributed by atoms with Gasteiger partial charge in [-0.25, -0.2) is 4.39 Å². The van der Waals surface area contributed by atoms with Crippen LogP contribution in [0.2, 0.25) is 0 Å². The summed E-state index contributed by atoms with van der Waals surface area (Å²) < 4.78 is 51.4. The van der Waals surface area contributed by atoms with E-state index in [1.165, 1.54) is 18.3 Å². The predicted molar refractivity (Wildman–Crippen MR) is 59.0 cm³/mol. The summed E-state index contributed by atoms with van der Waals surface area (Å²) in [6, 6.07) is 4.58. The Balaban J connectivity index is 2.58. The van der Waals surface area contributed by atoms with E-state index in [1.54, 1.807) is 0 Å². The molecule has 0 atom stereocenters. The van der Waals surface area contributed by atoms with Crippen molar-refractivity contribution in [3.05, 3.63) is 48.0 Å². The summed E-state index contributed by atoms with van der Waals surface area (Å²) in [7, 11) is 0. The Morgan fingerprint density at radius 3 is 2.44 bits per heavy atom. The number of alkyl halides is 3. The van der Waals surface area contributed by atoms with Crippen molar-refractivity contribution in [3.8, 4) is 11.1 Å². The van der Waals surface area contributed by atoms with Gasteiger partial charge >= 0.3 is 6.18 Å². The molecular weight excluding hydrogens is 248 g/mol. The molecule has 0 unspecified atom stereocenters. The van der Waals surface area contributed by atoms with Gasteiger partial charge in [0.1, 0.15) is 5.82 Å². The van der Waals surface area contributed by atoms with Crippen LogP contribution in [0.5, 0.6) is 0 Å². The maximum absolute atomic E-state index is 13.4. The normalized spacial score (nSPS) is 11.6. The third kappa shape index (κ3) is 2.27. The first-order valence-electron chi connectivity index (χ1n) is 4.96. The Hall–Kier alpha value is -2.11. The van der Waals surface area contributed by atoms with Crippen LogP contribution in [0, 0.1) is 5.82 Å². The van der Waals surface area contributed by atoms with E-state index in [4.69, 9.17) is 5.73 Å². The zero-order valence-corrected chi connectivity index (χ0v) is 9.00. The Labute approximate surface area is 100 Å². The van der Waals surface area contributed by atoms with Crippen LogP contribution in [-0.4, -0.2) is 4.98 Å². The second kappa shape index (κ2) is 4.29. The van der Waals surface area contributed by atoms with Crippen LogP contribution in [0.25, 0.3) is 11.1 Å². The summed E-state index contributed by atoms with van der Waals surface area (Å²) in [6.07, 6.45) is -2.31. The molecule has 0 spiro atoms. The fraction of sp³-hybridized carbons (Fsp3) is 0.0833. The van der Waals surface area contributed by atoms with Crippen molar-refractivity contribution in [1.82, 2.24) is 4.98 Å². The molecule has 1 aromatic heterocycles. The topological polar surface area (TPSA) is 38.9 Å². The second-order valence-electron chi connectivity index (χ2n) is 3.66. The largest absolute Gasteiger partial charge is 0.418 e. The van der Waals surface area contributed by atoms with E-state index in [0.29, 0.717) is 0 Å². The molecule has 6 heteroatoms. The van der Waals surface area contributed by atoms with Gasteiger partial charge in [-0.1, -0.05) is 6.07 Å². The number of hydrogen-bond donors (Lipinski definition) is 1. The number of halogens is 4. The summed E-state index contributed by atoms with van der Waals surface area (Å²) in [5.41, 5.74) is 4.06. The molecule has 1 aromatic carbocycles. The summed E-state index contributed by atoms with van der Waals surface area (Å²) in [6.45, 7) is 0. The van der Waals surface area contributed by atoms with Crippen LogP contribution in [0.1, 0.15) is 5.56 Å². The Morgan fingerprint density at radius 2 is 1.83 bits per heavy atom. The lowest BCUT2D eigenvalue weighted by Gasteiger charge is -2.12. The molecule has 2 N–H and O–H groups in total. The minimum Gasteiger partial charge on any atom is -0.398 e. The molecular formula is C12H8F4N2. The van der Waals surface area contributed by atoms with Gasteiger partial charge in [0.25, 0.3) is 0 Å². The molecule has 0 saturated heterocycles. The van der Waals surface area contributed by atoms with Crippen molar-refractivity contribution in [1.29, 1.82) is 0 Å². The monoisotopic (exact) mass is 256 g/mol. The molecule has 0 saturated carbocycles. The third-order valence-electron chi connectivity index (χ3n) is 2.44. The molecule has 94 valence electrons. The van der Waals surface area contributed by atoms with Gasteiger partial charge in [-0.05, 0) is 23.8 Å². The minimum absolute atomic E-state index is 0.0514. The summed E-state index contributed by atoms with van der Waals surface area (Å²) in [4.78, 5) is 3.54. The molecule has 18 heavy (non-hydrogen) atoms. The Kier molecular flexibility index (Phi) is 2.94. The lowest BCUT2D eigenvalue weighted by Crippen LogP contribution is -2.09. The van der Waals surface area contributed by atoms with Crippen molar-refractivity contribution in [2.45, 2.75) is 6.18 Å². The van der Waals surface area contributed by atoms with Crippen molar-refractivity contribution in [2.75, 3.05) is 5.73 Å². The average molecular weight is 256 g/mol. The molecule has 2 nitrogen and oxygen atoms in total. The molecule has 0 fully saturated rings. The number of aromatic nitrogens is 1. The standard InChI is InChI=1S/C12H8F4N2/c13-10-6-18-4-3-8(10)7-1-2-11(17)9(5-7)12(14,15)16/h1-6H,17H2. The molecule has 0 aliphatic heterocycles. The van der Waals surface area contributed by atoms with E-state index < -0.39 is 17.6 Å². The SMILES string of the molecule is Nc1ccc(-c2ccncc2F)cc1C(F)(F)F. The van der Waals surface area contributed by atoms with E-state index in [1.807, 2.05) is 0 Å². The highest BCUT2D eigenvalue weighted by Gasteiger charge is 2.33. The lowest BCUT2D eigenvalue weighted by atomic mass is 10.0. The number of nitrogen functional groups attached to an aromatic ring is 1. The fourth-order valence-corrected chi connectivity index (χ4v) is 1.58. The first-order valence-corrected chi connectivity index (χ1v) is 4.96. The van der Waals surface area contributed by atoms with Crippen molar-refractivity contribution in [2.24, 2.45) is 0 Å². The van der Waals surface area contributed by atoms with Gasteiger partial charge in [-0.15, -0.1) is 0 Å². The molecule has 1 heterocycles. The van der Waals surface area contributed by atoms with E-state index in [9.17, 15) is 17.6 Å². The maximum atomic E-state index is 13.4. The number of benzene rings is 1. The zero-order valence-electron chi connectivity index (χ0n) is 9.00. The summed E-state index contributed by atoms with van der Waals surface area (Å²) in [5.74, 6) is -0.685.